The minimum absolute atomic E-state index is 0.0316. The van der Waals surface area contributed by atoms with Crippen LogP contribution in [0, 0.1) is 12.3 Å². The number of amides is 1. The first-order chi connectivity index (χ1) is 15.0. The van der Waals surface area contributed by atoms with Gasteiger partial charge in [-0.1, -0.05) is 50.6 Å². The number of ether oxygens (including phenoxy) is 1. The zero-order valence-corrected chi connectivity index (χ0v) is 20.6. The van der Waals surface area contributed by atoms with Gasteiger partial charge in [0.25, 0.3) is 0 Å². The molecule has 0 spiro atoms. The van der Waals surface area contributed by atoms with E-state index in [2.05, 4.69) is 25.8 Å². The summed E-state index contributed by atoms with van der Waals surface area (Å²) < 4.78 is 33.4. The summed E-state index contributed by atoms with van der Waals surface area (Å²) in [5.41, 5.74) is 2.41. The van der Waals surface area contributed by atoms with Gasteiger partial charge in [-0.2, -0.15) is 0 Å². The predicted molar refractivity (Wildman–Crippen MR) is 124 cm³/mol. The molecular formula is C24H35N3O4S. The summed E-state index contributed by atoms with van der Waals surface area (Å²) in [6, 6.07) is 7.69. The van der Waals surface area contributed by atoms with Crippen molar-refractivity contribution in [3.05, 3.63) is 47.3 Å². The fraction of sp³-hybridized carbons (Fsp3) is 0.583. The monoisotopic (exact) mass is 461 g/mol. The first-order valence-corrected chi connectivity index (χ1v) is 12.8. The van der Waals surface area contributed by atoms with E-state index in [0.717, 1.165) is 29.7 Å². The molecule has 1 heterocycles. The molecule has 32 heavy (non-hydrogen) atoms. The molecule has 8 heteroatoms. The highest BCUT2D eigenvalue weighted by molar-refractivity contribution is 7.90. The van der Waals surface area contributed by atoms with E-state index in [-0.39, 0.29) is 28.3 Å². The number of carbonyl (C=O) groups excluding carboxylic acids is 1. The summed E-state index contributed by atoms with van der Waals surface area (Å²) in [7, 11) is -2.08. The topological polar surface area (TPSA) is 81.5 Å². The van der Waals surface area contributed by atoms with Gasteiger partial charge in [-0.15, -0.1) is 0 Å². The highest BCUT2D eigenvalue weighted by Gasteiger charge is 2.35. The average molecular weight is 462 g/mol. The molecule has 1 amide bonds. The van der Waals surface area contributed by atoms with E-state index in [0.29, 0.717) is 26.1 Å². The molecule has 1 aliphatic carbocycles. The lowest BCUT2D eigenvalue weighted by Crippen LogP contribution is -2.35. The number of hydrogen-bond donors (Lipinski definition) is 0. The molecule has 7 nitrogen and oxygen atoms in total. The second-order valence-electron chi connectivity index (χ2n) is 9.91. The smallest absolute Gasteiger partial charge is 0.228 e. The number of benzene rings is 1. The van der Waals surface area contributed by atoms with Crippen LogP contribution in [0.1, 0.15) is 56.9 Å². The van der Waals surface area contributed by atoms with Crippen LogP contribution in [0.2, 0.25) is 0 Å². The van der Waals surface area contributed by atoms with Crippen LogP contribution in [0.3, 0.4) is 0 Å². The molecule has 1 fully saturated rings. The summed E-state index contributed by atoms with van der Waals surface area (Å²) in [6.07, 6.45) is 4.02. The summed E-state index contributed by atoms with van der Waals surface area (Å²) in [5.74, 6) is -0.0185. The Kier molecular flexibility index (Phi) is 7.45. The Morgan fingerprint density at radius 3 is 2.44 bits per heavy atom. The molecular weight excluding hydrogens is 426 g/mol. The van der Waals surface area contributed by atoms with E-state index >= 15 is 0 Å². The van der Waals surface area contributed by atoms with Crippen LogP contribution in [0.25, 0.3) is 0 Å². The van der Waals surface area contributed by atoms with Crippen molar-refractivity contribution in [2.24, 2.45) is 5.41 Å². The lowest BCUT2D eigenvalue weighted by molar-refractivity contribution is -0.134. The third kappa shape index (κ3) is 6.42. The second-order valence-corrected chi connectivity index (χ2v) is 11.8. The Balaban J connectivity index is 1.88. The van der Waals surface area contributed by atoms with E-state index < -0.39 is 9.84 Å². The first kappa shape index (κ1) is 24.5. The molecule has 2 aromatic rings. The zero-order valence-electron chi connectivity index (χ0n) is 19.8. The SMILES string of the molecule is COCCn1c(CN(C(=O)CC(C)(C)C)C2CC2)cnc1S(=O)(=O)Cc1ccc(C)cc1. The minimum atomic E-state index is -3.66. The van der Waals surface area contributed by atoms with Crippen LogP contribution in [0.4, 0.5) is 0 Å². The number of carbonyl (C=O) groups is 1. The molecule has 176 valence electrons. The van der Waals surface area contributed by atoms with E-state index in [1.165, 1.54) is 0 Å². The van der Waals surface area contributed by atoms with Crippen LogP contribution in [-0.2, 0) is 38.2 Å². The summed E-state index contributed by atoms with van der Waals surface area (Å²) in [6.45, 7) is 9.19. The maximum absolute atomic E-state index is 13.2. The largest absolute Gasteiger partial charge is 0.383 e. The number of aromatic nitrogens is 2. The maximum atomic E-state index is 13.2. The van der Waals surface area contributed by atoms with Crippen molar-refractivity contribution >= 4 is 15.7 Å². The molecule has 1 saturated carbocycles. The molecule has 0 unspecified atom stereocenters. The Labute approximate surface area is 191 Å². The van der Waals surface area contributed by atoms with Gasteiger partial charge in [0.05, 0.1) is 30.8 Å². The maximum Gasteiger partial charge on any atom is 0.228 e. The third-order valence-electron chi connectivity index (χ3n) is 5.50. The molecule has 0 saturated heterocycles. The van der Waals surface area contributed by atoms with Gasteiger partial charge in [-0.25, -0.2) is 13.4 Å². The highest BCUT2D eigenvalue weighted by Crippen LogP contribution is 2.32. The number of aryl methyl sites for hydroxylation is 1. The standard InChI is InChI=1S/C24H35N3O4S/c1-18-6-8-19(9-7-18)17-32(29,30)23-25-15-21(26(23)12-13-31-5)16-27(20-10-11-20)22(28)14-24(2,3)4/h6-9,15,20H,10-14,16-17H2,1-5H3. The molecule has 1 aromatic heterocycles. The van der Waals surface area contributed by atoms with Gasteiger partial charge in [0.1, 0.15) is 0 Å². The lowest BCUT2D eigenvalue weighted by Gasteiger charge is -2.27. The van der Waals surface area contributed by atoms with Gasteiger partial charge in [0.2, 0.25) is 20.9 Å². The molecule has 0 atom stereocenters. The van der Waals surface area contributed by atoms with Crippen LogP contribution < -0.4 is 0 Å². The van der Waals surface area contributed by atoms with Crippen molar-refractivity contribution in [2.75, 3.05) is 13.7 Å². The number of nitrogens with zero attached hydrogens (tertiary/aromatic N) is 3. The lowest BCUT2D eigenvalue weighted by atomic mass is 9.91. The third-order valence-corrected chi connectivity index (χ3v) is 7.09. The number of rotatable bonds is 10. The predicted octanol–water partition coefficient (Wildman–Crippen LogP) is 3.74. The van der Waals surface area contributed by atoms with Gasteiger partial charge in [-0.05, 0) is 30.7 Å². The molecule has 0 aliphatic heterocycles. The van der Waals surface area contributed by atoms with Crippen LogP contribution >= 0.6 is 0 Å². The molecule has 0 N–H and O–H groups in total. The van der Waals surface area contributed by atoms with Gasteiger partial charge >= 0.3 is 0 Å². The molecule has 0 bridgehead atoms. The number of methoxy groups -OCH3 is 1. The van der Waals surface area contributed by atoms with E-state index in [1.54, 1.807) is 17.9 Å². The normalized spacial score (nSPS) is 14.5. The average Bonchev–Trinajstić information content (AvgIpc) is 3.44. The molecule has 0 radical (unpaired) electrons. The van der Waals surface area contributed by atoms with Crippen LogP contribution in [0.15, 0.2) is 35.6 Å². The number of hydrogen-bond acceptors (Lipinski definition) is 5. The number of imidazole rings is 1. The van der Waals surface area contributed by atoms with Crippen LogP contribution in [-0.4, -0.2) is 48.5 Å². The molecule has 3 rings (SSSR count). The van der Waals surface area contributed by atoms with Crippen molar-refractivity contribution in [1.29, 1.82) is 0 Å². The fourth-order valence-electron chi connectivity index (χ4n) is 3.69. The van der Waals surface area contributed by atoms with E-state index in [9.17, 15) is 13.2 Å². The Bertz CT molecular complexity index is 1030. The van der Waals surface area contributed by atoms with Crippen molar-refractivity contribution in [3.63, 3.8) is 0 Å². The van der Waals surface area contributed by atoms with E-state index in [1.807, 2.05) is 36.1 Å². The van der Waals surface area contributed by atoms with Crippen molar-refractivity contribution < 1.29 is 17.9 Å². The molecule has 1 aliphatic rings. The highest BCUT2D eigenvalue weighted by atomic mass is 32.2. The second kappa shape index (κ2) is 9.75. The van der Waals surface area contributed by atoms with Crippen LogP contribution in [0.5, 0.6) is 0 Å². The summed E-state index contributed by atoms with van der Waals surface area (Å²) >= 11 is 0. The van der Waals surface area contributed by atoms with Gasteiger partial charge in [0.15, 0.2) is 0 Å². The van der Waals surface area contributed by atoms with Gasteiger partial charge < -0.3 is 14.2 Å². The minimum Gasteiger partial charge on any atom is -0.383 e. The summed E-state index contributed by atoms with van der Waals surface area (Å²) in [4.78, 5) is 19.2. The van der Waals surface area contributed by atoms with Gasteiger partial charge in [0, 0.05) is 26.1 Å². The Morgan fingerprint density at radius 2 is 1.88 bits per heavy atom. The molecule has 1 aromatic carbocycles. The van der Waals surface area contributed by atoms with E-state index in [4.69, 9.17) is 4.74 Å². The van der Waals surface area contributed by atoms with Crippen molar-refractivity contribution in [1.82, 2.24) is 14.5 Å². The van der Waals surface area contributed by atoms with Crippen molar-refractivity contribution in [2.45, 2.75) is 77.0 Å². The first-order valence-electron chi connectivity index (χ1n) is 11.1. The van der Waals surface area contributed by atoms with Crippen molar-refractivity contribution in [3.8, 4) is 0 Å². The zero-order chi connectivity index (χ0) is 23.5. The summed E-state index contributed by atoms with van der Waals surface area (Å²) in [5, 5.41) is 0.0316. The quantitative estimate of drug-likeness (QED) is 0.538. The Hall–Kier alpha value is -2.19. The number of sulfone groups is 1. The fourth-order valence-corrected chi connectivity index (χ4v) is 5.21. The Morgan fingerprint density at radius 1 is 1.22 bits per heavy atom. The van der Waals surface area contributed by atoms with Gasteiger partial charge in [-0.3, -0.25) is 4.79 Å².